The first kappa shape index (κ1) is 9.06. The van der Waals surface area contributed by atoms with Crippen LogP contribution in [0.2, 0.25) is 0 Å². The van der Waals surface area contributed by atoms with Gasteiger partial charge in [-0.1, -0.05) is 0 Å². The molecule has 0 aromatic carbocycles. The van der Waals surface area contributed by atoms with Gasteiger partial charge in [0.25, 0.3) is 0 Å². The van der Waals surface area contributed by atoms with Crippen LogP contribution in [-0.4, -0.2) is 48.2 Å². The summed E-state index contributed by atoms with van der Waals surface area (Å²) in [5, 5.41) is 9.89. The van der Waals surface area contributed by atoms with E-state index in [0.29, 0.717) is 6.61 Å². The summed E-state index contributed by atoms with van der Waals surface area (Å²) in [5.41, 5.74) is 0. The highest BCUT2D eigenvalue weighted by Gasteiger charge is 2.58. The van der Waals surface area contributed by atoms with E-state index in [1.54, 1.807) is 0 Å². The maximum atomic E-state index is 9.89. The van der Waals surface area contributed by atoms with Crippen molar-refractivity contribution in [1.29, 1.82) is 0 Å². The molecular formula is C9H14O5. The fraction of sp³-hybridized carbons (Fsp3) is 1.00. The molecule has 5 heteroatoms. The van der Waals surface area contributed by atoms with Gasteiger partial charge in [0.05, 0.1) is 6.61 Å². The van der Waals surface area contributed by atoms with E-state index in [0.717, 1.165) is 0 Å². The highest BCUT2D eigenvalue weighted by atomic mass is 16.8. The van der Waals surface area contributed by atoms with Gasteiger partial charge in [-0.15, -0.1) is 0 Å². The van der Waals surface area contributed by atoms with Crippen LogP contribution in [-0.2, 0) is 18.9 Å². The molecule has 0 radical (unpaired) electrons. The summed E-state index contributed by atoms with van der Waals surface area (Å²) in [6.07, 6.45) is -1.93. The molecule has 3 aliphatic heterocycles. The van der Waals surface area contributed by atoms with Crippen molar-refractivity contribution in [2.24, 2.45) is 0 Å². The molecule has 0 aliphatic carbocycles. The van der Waals surface area contributed by atoms with Crippen molar-refractivity contribution in [3.05, 3.63) is 0 Å². The topological polar surface area (TPSA) is 57.2 Å². The maximum Gasteiger partial charge on any atom is 0.187 e. The molecule has 5 nitrogen and oxygen atoms in total. The quantitative estimate of drug-likeness (QED) is 0.580. The number of hydrogen-bond acceptors (Lipinski definition) is 5. The Hall–Kier alpha value is -0.200. The number of ether oxygens (including phenoxy) is 4. The van der Waals surface area contributed by atoms with Gasteiger partial charge in [0, 0.05) is 0 Å². The molecule has 0 amide bonds. The molecule has 0 saturated carbocycles. The molecule has 0 aromatic heterocycles. The highest BCUT2D eigenvalue weighted by Crippen LogP contribution is 2.40. The number of aliphatic hydroxyl groups excluding tert-OH is 1. The molecule has 1 N–H and O–H groups in total. The van der Waals surface area contributed by atoms with Crippen molar-refractivity contribution in [3.63, 3.8) is 0 Å². The highest BCUT2D eigenvalue weighted by molar-refractivity contribution is 4.98. The molecule has 2 bridgehead atoms. The van der Waals surface area contributed by atoms with Gasteiger partial charge in [-0.25, -0.2) is 0 Å². The minimum atomic E-state index is -0.659. The second kappa shape index (κ2) is 2.68. The summed E-state index contributed by atoms with van der Waals surface area (Å²) in [6.45, 7) is 4.07. The Bertz CT molecular complexity index is 246. The van der Waals surface area contributed by atoms with Gasteiger partial charge in [0.1, 0.15) is 24.4 Å². The molecular weight excluding hydrogens is 188 g/mol. The lowest BCUT2D eigenvalue weighted by Gasteiger charge is -2.31. The summed E-state index contributed by atoms with van der Waals surface area (Å²) in [6, 6.07) is 0. The number of aliphatic hydroxyl groups is 1. The fourth-order valence-electron chi connectivity index (χ4n) is 2.30. The van der Waals surface area contributed by atoms with E-state index >= 15 is 0 Å². The summed E-state index contributed by atoms with van der Waals surface area (Å²) in [5.74, 6) is -0.659. The van der Waals surface area contributed by atoms with Crippen molar-refractivity contribution < 1.29 is 24.1 Å². The van der Waals surface area contributed by atoms with Gasteiger partial charge < -0.3 is 24.1 Å². The van der Waals surface area contributed by atoms with E-state index in [1.807, 2.05) is 13.8 Å². The van der Waals surface area contributed by atoms with Crippen molar-refractivity contribution in [2.45, 2.75) is 50.3 Å². The lowest BCUT2D eigenvalue weighted by atomic mass is 10.0. The van der Waals surface area contributed by atoms with Crippen LogP contribution < -0.4 is 0 Å². The van der Waals surface area contributed by atoms with Crippen LogP contribution in [0.4, 0.5) is 0 Å². The molecule has 3 rings (SSSR count). The molecule has 0 aromatic rings. The Morgan fingerprint density at radius 2 is 1.93 bits per heavy atom. The zero-order valence-electron chi connectivity index (χ0n) is 8.17. The number of rotatable bonds is 0. The Balaban J connectivity index is 1.88. The van der Waals surface area contributed by atoms with Crippen LogP contribution in [0.3, 0.4) is 0 Å². The van der Waals surface area contributed by atoms with Gasteiger partial charge in [-0.3, -0.25) is 0 Å². The third kappa shape index (κ3) is 1.14. The molecule has 3 fully saturated rings. The van der Waals surface area contributed by atoms with Crippen LogP contribution in [0, 0.1) is 0 Å². The molecule has 3 aliphatic rings. The lowest BCUT2D eigenvalue weighted by Crippen LogP contribution is -2.52. The Kier molecular flexibility index (Phi) is 1.73. The van der Waals surface area contributed by atoms with E-state index < -0.39 is 11.9 Å². The average molecular weight is 202 g/mol. The molecule has 3 heterocycles. The van der Waals surface area contributed by atoms with Gasteiger partial charge >= 0.3 is 0 Å². The van der Waals surface area contributed by atoms with Crippen LogP contribution in [0.15, 0.2) is 0 Å². The Morgan fingerprint density at radius 1 is 1.21 bits per heavy atom. The van der Waals surface area contributed by atoms with Crippen molar-refractivity contribution in [2.75, 3.05) is 6.61 Å². The standard InChI is InChI=1S/C9H14O5/c1-9(2)13-6-5(10)4-3-11-8(12-4)7(6)14-9/h4-8,10H,3H2,1-2H3/t4-,5-,6-,7-,8-/m1/s1. The van der Waals surface area contributed by atoms with Crippen LogP contribution in [0.25, 0.3) is 0 Å². The van der Waals surface area contributed by atoms with Crippen LogP contribution >= 0.6 is 0 Å². The van der Waals surface area contributed by atoms with Crippen molar-refractivity contribution >= 4 is 0 Å². The van der Waals surface area contributed by atoms with Gasteiger partial charge in [0.15, 0.2) is 12.1 Å². The minimum absolute atomic E-state index is 0.265. The van der Waals surface area contributed by atoms with E-state index in [4.69, 9.17) is 18.9 Å². The van der Waals surface area contributed by atoms with Crippen molar-refractivity contribution in [1.82, 2.24) is 0 Å². The van der Waals surface area contributed by atoms with E-state index in [2.05, 4.69) is 0 Å². The summed E-state index contributed by atoms with van der Waals surface area (Å²) in [7, 11) is 0. The van der Waals surface area contributed by atoms with E-state index in [9.17, 15) is 5.11 Å². The van der Waals surface area contributed by atoms with Crippen LogP contribution in [0.5, 0.6) is 0 Å². The predicted octanol–water partition coefficient (Wildman–Crippen LogP) is -0.378. The third-order valence-corrected chi connectivity index (χ3v) is 2.88. The summed E-state index contributed by atoms with van der Waals surface area (Å²) < 4.78 is 22.0. The number of fused-ring (bicyclic) bond motifs is 4. The molecule has 14 heavy (non-hydrogen) atoms. The second-order valence-corrected chi connectivity index (χ2v) is 4.43. The summed E-state index contributed by atoms with van der Waals surface area (Å²) in [4.78, 5) is 0. The van der Waals surface area contributed by atoms with Crippen molar-refractivity contribution in [3.8, 4) is 0 Å². The van der Waals surface area contributed by atoms with E-state index in [1.165, 1.54) is 0 Å². The fourth-order valence-corrected chi connectivity index (χ4v) is 2.30. The smallest absolute Gasteiger partial charge is 0.187 e. The normalized spacial score (nSPS) is 54.6. The monoisotopic (exact) mass is 202 g/mol. The maximum absolute atomic E-state index is 9.89. The Labute approximate surface area is 81.9 Å². The van der Waals surface area contributed by atoms with Gasteiger partial charge in [0.2, 0.25) is 0 Å². The number of hydrogen-bond donors (Lipinski definition) is 1. The largest absolute Gasteiger partial charge is 0.387 e. The first-order valence-electron chi connectivity index (χ1n) is 4.88. The molecule has 5 atom stereocenters. The van der Waals surface area contributed by atoms with Crippen LogP contribution in [0.1, 0.15) is 13.8 Å². The minimum Gasteiger partial charge on any atom is -0.387 e. The Morgan fingerprint density at radius 3 is 2.71 bits per heavy atom. The SMILES string of the molecule is CC1(C)O[C@@H]2[C@H](O)[C@H]3CO[C@H](O3)[C@@H]2O1. The predicted molar refractivity (Wildman–Crippen MR) is 44.4 cm³/mol. The molecule has 0 spiro atoms. The molecule has 3 saturated heterocycles. The zero-order valence-corrected chi connectivity index (χ0v) is 8.17. The van der Waals surface area contributed by atoms with E-state index in [-0.39, 0.29) is 24.6 Å². The first-order chi connectivity index (χ1) is 6.57. The molecule has 0 unspecified atom stereocenters. The molecule has 80 valence electrons. The zero-order chi connectivity index (χ0) is 9.92. The summed E-state index contributed by atoms with van der Waals surface area (Å²) >= 11 is 0. The second-order valence-electron chi connectivity index (χ2n) is 4.43. The lowest BCUT2D eigenvalue weighted by molar-refractivity contribution is -0.198. The van der Waals surface area contributed by atoms with Gasteiger partial charge in [-0.2, -0.15) is 0 Å². The first-order valence-corrected chi connectivity index (χ1v) is 4.88. The average Bonchev–Trinajstić information content (AvgIpc) is 2.64. The third-order valence-electron chi connectivity index (χ3n) is 2.88. The van der Waals surface area contributed by atoms with Gasteiger partial charge in [-0.05, 0) is 13.8 Å².